The summed E-state index contributed by atoms with van der Waals surface area (Å²) < 4.78 is 32.5. The van der Waals surface area contributed by atoms with E-state index >= 15 is 0 Å². The number of rotatable bonds is 7. The molecule has 2 aliphatic rings. The fraction of sp³-hybridized carbons (Fsp3) is 0.355. The molecule has 2 aliphatic heterocycles. The minimum atomic E-state index is -1.05. The quantitative estimate of drug-likeness (QED) is 0.206. The SMILES string of the molecule is CCN1CCC(c2ccc(-c3cc(Cl)c4cn(C(C(=O)Nc5nccs5)c5ncn6c5C[C@@H](F)C6)nc4c3Cl)cc2)C(F)C1. The van der Waals surface area contributed by atoms with Gasteiger partial charge >= 0.3 is 0 Å². The lowest BCUT2D eigenvalue weighted by atomic mass is 9.87. The molecule has 1 amide bonds. The molecule has 5 aromatic rings. The number of thiazole rings is 1. The van der Waals surface area contributed by atoms with Gasteiger partial charge in [0.15, 0.2) is 11.2 Å². The predicted molar refractivity (Wildman–Crippen MR) is 169 cm³/mol. The fourth-order valence-electron chi connectivity index (χ4n) is 6.35. The van der Waals surface area contributed by atoms with E-state index in [-0.39, 0.29) is 18.9 Å². The maximum atomic E-state index is 15.0. The molecule has 13 heteroatoms. The van der Waals surface area contributed by atoms with E-state index in [1.807, 2.05) is 24.3 Å². The standard InChI is InChI=1S/C31H29Cl2F2N7OS/c1-2-40-9-7-20(24(35)15-40)17-3-5-18(6-4-17)21-12-23(32)22-14-42(39-27(22)26(21)33)29(30(43)38-31-36-8-10-44-31)28-25-11-19(34)13-41(25)16-37-28/h3-6,8,10,12,14,16,19-20,24,29H,2,7,9,11,13,15H2,1H3,(H,36,38,43)/t19-,20?,24?,29?/m1/s1. The number of piperidine rings is 1. The lowest BCUT2D eigenvalue weighted by Gasteiger charge is -2.34. The van der Waals surface area contributed by atoms with Crippen LogP contribution in [0.15, 0.2) is 54.4 Å². The van der Waals surface area contributed by atoms with Crippen LogP contribution < -0.4 is 5.32 Å². The normalized spacial score (nSPS) is 21.1. The van der Waals surface area contributed by atoms with Crippen molar-refractivity contribution in [1.29, 1.82) is 0 Å². The van der Waals surface area contributed by atoms with Crippen molar-refractivity contribution in [1.82, 2.24) is 29.2 Å². The van der Waals surface area contributed by atoms with Gasteiger partial charge in [0, 0.05) is 53.3 Å². The van der Waals surface area contributed by atoms with Crippen molar-refractivity contribution in [3.63, 3.8) is 0 Å². The van der Waals surface area contributed by atoms with Gasteiger partial charge in [-0.15, -0.1) is 11.3 Å². The molecule has 8 nitrogen and oxygen atoms in total. The summed E-state index contributed by atoms with van der Waals surface area (Å²) in [6.07, 6.45) is 3.77. The van der Waals surface area contributed by atoms with Gasteiger partial charge in [-0.05, 0) is 36.7 Å². The first-order valence-electron chi connectivity index (χ1n) is 14.5. The maximum absolute atomic E-state index is 15.0. The second kappa shape index (κ2) is 11.8. The lowest BCUT2D eigenvalue weighted by Crippen LogP contribution is -2.40. The summed E-state index contributed by atoms with van der Waals surface area (Å²) in [6, 6.07) is 8.53. The molecule has 0 bridgehead atoms. The minimum Gasteiger partial charge on any atom is -0.331 e. The van der Waals surface area contributed by atoms with E-state index in [9.17, 15) is 13.6 Å². The molecule has 0 radical (unpaired) electrons. The topological polar surface area (TPSA) is 80.9 Å². The highest BCUT2D eigenvalue weighted by molar-refractivity contribution is 7.13. The molecule has 1 N–H and O–H groups in total. The van der Waals surface area contributed by atoms with Crippen LogP contribution in [0.5, 0.6) is 0 Å². The van der Waals surface area contributed by atoms with Gasteiger partial charge in [0.1, 0.15) is 17.9 Å². The van der Waals surface area contributed by atoms with E-state index in [1.54, 1.807) is 34.7 Å². The second-order valence-electron chi connectivity index (χ2n) is 11.3. The highest BCUT2D eigenvalue weighted by atomic mass is 35.5. The monoisotopic (exact) mass is 655 g/mol. The first-order valence-corrected chi connectivity index (χ1v) is 16.2. The van der Waals surface area contributed by atoms with E-state index in [0.29, 0.717) is 49.6 Å². The molecular weight excluding hydrogens is 627 g/mol. The number of anilines is 1. The Kier molecular flexibility index (Phi) is 7.90. The number of aromatic nitrogens is 5. The first-order chi connectivity index (χ1) is 21.3. The Labute approximate surface area is 266 Å². The molecule has 1 fully saturated rings. The molecule has 5 heterocycles. The van der Waals surface area contributed by atoms with Gasteiger partial charge in [-0.2, -0.15) is 5.10 Å². The van der Waals surface area contributed by atoms with Crippen LogP contribution in [0.1, 0.15) is 42.3 Å². The Balaban J connectivity index is 1.24. The molecule has 0 aliphatic carbocycles. The number of likely N-dealkylation sites (tertiary alicyclic amines) is 1. The van der Waals surface area contributed by atoms with E-state index < -0.39 is 24.3 Å². The van der Waals surface area contributed by atoms with Gasteiger partial charge in [-0.25, -0.2) is 18.7 Å². The highest BCUT2D eigenvalue weighted by Gasteiger charge is 2.35. The summed E-state index contributed by atoms with van der Waals surface area (Å²) in [7, 11) is 0. The molecule has 2 aromatic carbocycles. The van der Waals surface area contributed by atoms with E-state index in [0.717, 1.165) is 30.6 Å². The van der Waals surface area contributed by atoms with Crippen molar-refractivity contribution in [2.75, 3.05) is 25.0 Å². The van der Waals surface area contributed by atoms with Crippen molar-refractivity contribution < 1.29 is 13.6 Å². The van der Waals surface area contributed by atoms with E-state index in [4.69, 9.17) is 28.3 Å². The zero-order valence-corrected chi connectivity index (χ0v) is 26.1. The number of amides is 1. The average molecular weight is 657 g/mol. The Morgan fingerprint density at radius 2 is 2.00 bits per heavy atom. The Morgan fingerprint density at radius 1 is 1.18 bits per heavy atom. The summed E-state index contributed by atoms with van der Waals surface area (Å²) >= 11 is 15.0. The molecule has 3 aromatic heterocycles. The van der Waals surface area contributed by atoms with E-state index in [1.165, 1.54) is 16.0 Å². The van der Waals surface area contributed by atoms with Gasteiger partial charge in [0.2, 0.25) is 0 Å². The molecule has 4 atom stereocenters. The number of halogens is 4. The van der Waals surface area contributed by atoms with Crippen LogP contribution in [0.3, 0.4) is 0 Å². The van der Waals surface area contributed by atoms with Crippen molar-refractivity contribution >= 4 is 56.5 Å². The molecule has 7 rings (SSSR count). The third-order valence-electron chi connectivity index (χ3n) is 8.65. The maximum Gasteiger partial charge on any atom is 0.257 e. The van der Waals surface area contributed by atoms with Crippen LogP contribution in [0.2, 0.25) is 10.0 Å². The smallest absolute Gasteiger partial charge is 0.257 e. The van der Waals surface area contributed by atoms with Crippen molar-refractivity contribution in [3.8, 4) is 11.1 Å². The predicted octanol–water partition coefficient (Wildman–Crippen LogP) is 6.93. The number of carbonyl (C=O) groups is 1. The average Bonchev–Trinajstić information content (AvgIpc) is 3.82. The third-order valence-corrected chi connectivity index (χ3v) is 10.0. The van der Waals surface area contributed by atoms with Gasteiger partial charge < -0.3 is 9.47 Å². The number of imidazole rings is 1. The number of benzene rings is 2. The van der Waals surface area contributed by atoms with Crippen LogP contribution in [0, 0.1) is 0 Å². The number of carbonyl (C=O) groups excluding carboxylic acids is 1. The van der Waals surface area contributed by atoms with Crippen molar-refractivity contribution in [2.24, 2.45) is 0 Å². The van der Waals surface area contributed by atoms with Crippen LogP contribution in [0.4, 0.5) is 13.9 Å². The van der Waals surface area contributed by atoms with Crippen molar-refractivity contribution in [3.05, 3.63) is 81.4 Å². The van der Waals surface area contributed by atoms with Crippen LogP contribution in [0.25, 0.3) is 22.0 Å². The molecule has 0 saturated carbocycles. The van der Waals surface area contributed by atoms with E-state index in [2.05, 4.69) is 27.1 Å². The highest BCUT2D eigenvalue weighted by Crippen LogP contribution is 2.40. The second-order valence-corrected chi connectivity index (χ2v) is 13.0. The molecule has 1 saturated heterocycles. The molecular formula is C31H29Cl2F2N7OS. The van der Waals surface area contributed by atoms with Gasteiger partial charge in [0.25, 0.3) is 5.91 Å². The molecule has 228 valence electrons. The summed E-state index contributed by atoms with van der Waals surface area (Å²) in [6.45, 7) is 4.42. The number of hydrogen-bond donors (Lipinski definition) is 1. The number of nitrogens with zero attached hydrogens (tertiary/aromatic N) is 6. The Bertz CT molecular complexity index is 1820. The van der Waals surface area contributed by atoms with Gasteiger partial charge in [-0.3, -0.25) is 14.8 Å². The largest absolute Gasteiger partial charge is 0.331 e. The zero-order valence-electron chi connectivity index (χ0n) is 23.8. The summed E-state index contributed by atoms with van der Waals surface area (Å²) in [4.78, 5) is 24.5. The molecule has 44 heavy (non-hydrogen) atoms. The fourth-order valence-corrected chi connectivity index (χ4v) is 7.44. The summed E-state index contributed by atoms with van der Waals surface area (Å²) in [5.74, 6) is -0.566. The third kappa shape index (κ3) is 5.29. The van der Waals surface area contributed by atoms with Crippen LogP contribution in [-0.2, 0) is 17.8 Å². The zero-order chi connectivity index (χ0) is 30.5. The van der Waals surface area contributed by atoms with Crippen LogP contribution in [-0.4, -0.2) is 67.1 Å². The number of fused-ring (bicyclic) bond motifs is 2. The number of hydrogen-bond acceptors (Lipinski definition) is 6. The molecule has 3 unspecified atom stereocenters. The minimum absolute atomic E-state index is 0.145. The van der Waals surface area contributed by atoms with Gasteiger partial charge in [-0.1, -0.05) is 54.4 Å². The van der Waals surface area contributed by atoms with Crippen LogP contribution >= 0.6 is 34.5 Å². The number of nitrogens with one attached hydrogen (secondary N) is 1. The van der Waals surface area contributed by atoms with Crippen molar-refractivity contribution in [2.45, 2.75) is 50.6 Å². The summed E-state index contributed by atoms with van der Waals surface area (Å²) in [5, 5.41) is 11.1. The number of alkyl halides is 2. The summed E-state index contributed by atoms with van der Waals surface area (Å²) in [5.41, 5.74) is 3.92. The Morgan fingerprint density at radius 3 is 2.73 bits per heavy atom. The molecule has 0 spiro atoms. The first kappa shape index (κ1) is 29.3. The Hall–Kier alpha value is -3.38. The van der Waals surface area contributed by atoms with Gasteiger partial charge in [0.05, 0.1) is 28.6 Å². The lowest BCUT2D eigenvalue weighted by molar-refractivity contribution is -0.118.